The molecule has 0 amide bonds. The van der Waals surface area contributed by atoms with E-state index in [0.29, 0.717) is 19.6 Å². The Labute approximate surface area is 122 Å². The zero-order chi connectivity index (χ0) is 17.9. The van der Waals surface area contributed by atoms with Gasteiger partial charge in [-0.2, -0.15) is 0 Å². The van der Waals surface area contributed by atoms with Crippen LogP contribution in [-0.4, -0.2) is 86.6 Å². The first-order valence-electron chi connectivity index (χ1n) is 5.49. The van der Waals surface area contributed by atoms with E-state index >= 15 is 0 Å². The van der Waals surface area contributed by atoms with Crippen molar-refractivity contribution in [1.29, 1.82) is 0 Å². The summed E-state index contributed by atoms with van der Waals surface area (Å²) in [7, 11) is -4.86. The summed E-state index contributed by atoms with van der Waals surface area (Å²) >= 11 is 0. The van der Waals surface area contributed by atoms with Gasteiger partial charge in [0.1, 0.15) is 0 Å². The van der Waals surface area contributed by atoms with Gasteiger partial charge in [-0.05, 0) is 0 Å². The molecule has 0 aliphatic carbocycles. The summed E-state index contributed by atoms with van der Waals surface area (Å²) in [6.07, 6.45) is 0. The number of aliphatic hydroxyl groups is 4. The third-order valence-electron chi connectivity index (χ3n) is 0.927. The van der Waals surface area contributed by atoms with Gasteiger partial charge in [-0.3, -0.25) is 4.57 Å². The molecule has 0 bridgehead atoms. The molecule has 0 heterocycles. The van der Waals surface area contributed by atoms with Gasteiger partial charge in [0, 0.05) is 19.6 Å². The van der Waals surface area contributed by atoms with Crippen molar-refractivity contribution in [2.75, 3.05) is 39.5 Å². The number of hydrogen-bond acceptors (Lipinski definition) is 9. The van der Waals surface area contributed by atoms with Crippen molar-refractivity contribution >= 4 is 13.6 Å². The minimum Gasteiger partial charge on any atom is -0.479 e. The topological polar surface area (TPSA) is 254 Å². The minimum absolute atomic E-state index is 0.0972. The first-order valence-corrected chi connectivity index (χ1v) is 7.17. The molecule has 21 heavy (non-hydrogen) atoms. The molecule has 0 aromatic heterocycles. The van der Waals surface area contributed by atoms with Crippen LogP contribution >= 0.6 is 7.60 Å². The summed E-state index contributed by atoms with van der Waals surface area (Å²) < 4.78 is 9.84. The third-order valence-corrected chi connectivity index (χ3v) is 1.78. The summed E-state index contributed by atoms with van der Waals surface area (Å²) in [4.78, 5) is 25.5. The third kappa shape index (κ3) is 38.2. The van der Waals surface area contributed by atoms with Crippen LogP contribution < -0.4 is 17.2 Å². The van der Waals surface area contributed by atoms with Crippen molar-refractivity contribution in [2.45, 2.75) is 5.85 Å². The van der Waals surface area contributed by atoms with Crippen LogP contribution in [-0.2, 0) is 9.36 Å². The van der Waals surface area contributed by atoms with E-state index in [1.165, 1.54) is 0 Å². The Hall–Kier alpha value is -0.660. The SMILES string of the molecule is NCCO.NCCO.NCCO.O=C(O)C(O)P(=O)(O)O. The summed E-state index contributed by atoms with van der Waals surface area (Å²) in [6, 6.07) is 0. The maximum absolute atomic E-state index is 9.84. The summed E-state index contributed by atoms with van der Waals surface area (Å²) in [6.45, 7) is 1.42. The lowest BCUT2D eigenvalue weighted by molar-refractivity contribution is -0.143. The molecule has 0 rings (SSSR count). The van der Waals surface area contributed by atoms with E-state index < -0.39 is 19.4 Å². The molecule has 13 N–H and O–H groups in total. The molecule has 0 saturated carbocycles. The smallest absolute Gasteiger partial charge is 0.365 e. The van der Waals surface area contributed by atoms with Crippen LogP contribution in [0.4, 0.5) is 0 Å². The first-order chi connectivity index (χ1) is 9.60. The number of aliphatic hydroxyl groups excluding tert-OH is 4. The van der Waals surface area contributed by atoms with Gasteiger partial charge in [0.05, 0.1) is 19.8 Å². The molecule has 0 spiro atoms. The second-order valence-corrected chi connectivity index (χ2v) is 4.51. The van der Waals surface area contributed by atoms with Crippen LogP contribution in [0.3, 0.4) is 0 Å². The molecule has 0 aromatic rings. The van der Waals surface area contributed by atoms with Crippen molar-refractivity contribution in [1.82, 2.24) is 0 Å². The van der Waals surface area contributed by atoms with E-state index in [1.54, 1.807) is 0 Å². The standard InChI is InChI=1S/3C2H7NO.C2H5O6P/c3*3-1-2-4;3-1(4)2(5)9(6,7)8/h3*4H,1-3H2;2,5H,(H,3,4)(H2,6,7,8). The van der Waals surface area contributed by atoms with Gasteiger partial charge in [-0.1, -0.05) is 0 Å². The predicted molar refractivity (Wildman–Crippen MR) is 74.1 cm³/mol. The highest BCUT2D eigenvalue weighted by Gasteiger charge is 2.32. The van der Waals surface area contributed by atoms with Crippen molar-refractivity contribution in [3.8, 4) is 0 Å². The Balaban J connectivity index is -0.000000102. The van der Waals surface area contributed by atoms with Gasteiger partial charge in [0.2, 0.25) is 0 Å². The molecule has 1 atom stereocenters. The number of aliphatic carboxylic acids is 1. The Morgan fingerprint density at radius 2 is 1.10 bits per heavy atom. The van der Waals surface area contributed by atoms with E-state index in [9.17, 15) is 9.36 Å². The van der Waals surface area contributed by atoms with Crippen LogP contribution in [0.1, 0.15) is 0 Å². The summed E-state index contributed by atoms with van der Waals surface area (Å²) in [5.74, 6) is -4.53. The maximum Gasteiger partial charge on any atom is 0.365 e. The molecule has 0 radical (unpaired) electrons. The number of nitrogens with two attached hydrogens (primary N) is 3. The van der Waals surface area contributed by atoms with E-state index in [-0.39, 0.29) is 19.8 Å². The molecular weight excluding hydrogens is 313 g/mol. The van der Waals surface area contributed by atoms with Crippen molar-refractivity contribution < 1.29 is 44.7 Å². The van der Waals surface area contributed by atoms with E-state index in [2.05, 4.69) is 0 Å². The zero-order valence-corrected chi connectivity index (χ0v) is 12.3. The Morgan fingerprint density at radius 3 is 1.10 bits per heavy atom. The van der Waals surface area contributed by atoms with Crippen LogP contribution in [0.15, 0.2) is 0 Å². The molecule has 0 saturated heterocycles. The van der Waals surface area contributed by atoms with Gasteiger partial charge in [-0.15, -0.1) is 0 Å². The molecule has 0 aliphatic rings. The normalized spacial score (nSPS) is 10.7. The molecular formula is C8H26N3O9P. The number of carbonyl (C=O) groups is 1. The number of carboxylic acid groups (broad SMARTS) is 1. The lowest BCUT2D eigenvalue weighted by atomic mass is 10.7. The highest BCUT2D eigenvalue weighted by molar-refractivity contribution is 7.53. The Bertz CT molecular complexity index is 236. The highest BCUT2D eigenvalue weighted by Crippen LogP contribution is 2.39. The van der Waals surface area contributed by atoms with Crippen LogP contribution in [0.25, 0.3) is 0 Å². The quantitative estimate of drug-likeness (QED) is 0.212. The largest absolute Gasteiger partial charge is 0.479 e. The molecule has 13 heteroatoms. The first kappa shape index (κ1) is 28.5. The lowest BCUT2D eigenvalue weighted by Gasteiger charge is -2.05. The fraction of sp³-hybridized carbons (Fsp3) is 0.875. The summed E-state index contributed by atoms with van der Waals surface area (Å²) in [5.41, 5.74) is 14.3. The molecule has 0 aliphatic heterocycles. The predicted octanol–water partition coefficient (Wildman–Crippen LogP) is -4.62. The molecule has 132 valence electrons. The highest BCUT2D eigenvalue weighted by atomic mass is 31.2. The molecule has 12 nitrogen and oxygen atoms in total. The fourth-order valence-electron chi connectivity index (χ4n) is 0.144. The minimum atomic E-state index is -4.86. The van der Waals surface area contributed by atoms with E-state index in [1.807, 2.05) is 0 Å². The average molecular weight is 339 g/mol. The molecule has 0 aromatic carbocycles. The van der Waals surface area contributed by atoms with Crippen LogP contribution in [0, 0.1) is 0 Å². The van der Waals surface area contributed by atoms with Crippen molar-refractivity contribution in [2.24, 2.45) is 17.2 Å². The summed E-state index contributed by atoms with van der Waals surface area (Å²) in [5, 5.41) is 39.1. The van der Waals surface area contributed by atoms with Crippen molar-refractivity contribution in [3.05, 3.63) is 0 Å². The van der Waals surface area contributed by atoms with Gasteiger partial charge < -0.3 is 52.5 Å². The molecule has 1 unspecified atom stereocenters. The maximum atomic E-state index is 9.84. The van der Waals surface area contributed by atoms with Crippen LogP contribution in [0.5, 0.6) is 0 Å². The van der Waals surface area contributed by atoms with E-state index in [4.69, 9.17) is 52.5 Å². The number of carboxylic acids is 1. The monoisotopic (exact) mass is 339 g/mol. The van der Waals surface area contributed by atoms with E-state index in [0.717, 1.165) is 0 Å². The lowest BCUT2D eigenvalue weighted by Crippen LogP contribution is -2.18. The van der Waals surface area contributed by atoms with Gasteiger partial charge >= 0.3 is 13.6 Å². The second kappa shape index (κ2) is 21.6. The average Bonchev–Trinajstić information content (AvgIpc) is 2.46. The second-order valence-electron chi connectivity index (χ2n) is 2.84. The van der Waals surface area contributed by atoms with Gasteiger partial charge in [0.25, 0.3) is 5.85 Å². The molecule has 0 fully saturated rings. The Kier molecular flexibility index (Phi) is 29.4. The zero-order valence-electron chi connectivity index (χ0n) is 11.4. The number of hydrogen-bond donors (Lipinski definition) is 10. The fourth-order valence-corrected chi connectivity index (χ4v) is 0.432. The number of rotatable bonds is 5. The Morgan fingerprint density at radius 1 is 0.905 bits per heavy atom. The van der Waals surface area contributed by atoms with Crippen molar-refractivity contribution in [3.63, 3.8) is 0 Å². The van der Waals surface area contributed by atoms with Gasteiger partial charge in [0.15, 0.2) is 0 Å². The van der Waals surface area contributed by atoms with Crippen LogP contribution in [0.2, 0.25) is 0 Å². The van der Waals surface area contributed by atoms with Gasteiger partial charge in [-0.25, -0.2) is 4.79 Å².